The Balaban J connectivity index is 1.26. The number of nitrogens with one attached hydrogen (secondary N) is 1. The molecule has 0 bridgehead atoms. The third kappa shape index (κ3) is 4.11. The number of hydrogen-bond donors (Lipinski definition) is 1. The van der Waals surface area contributed by atoms with Gasteiger partial charge in [-0.3, -0.25) is 0 Å². The van der Waals surface area contributed by atoms with Gasteiger partial charge in [0.2, 0.25) is 15.9 Å². The van der Waals surface area contributed by atoms with Gasteiger partial charge in [-0.1, -0.05) is 18.0 Å². The first-order valence-electron chi connectivity index (χ1n) is 9.74. The van der Waals surface area contributed by atoms with Crippen LogP contribution in [0.1, 0.15) is 62.1 Å². The number of nitrogens with zero attached hydrogens (tertiary/aromatic N) is 4. The van der Waals surface area contributed by atoms with Gasteiger partial charge in [-0.05, 0) is 25.7 Å². The van der Waals surface area contributed by atoms with Crippen molar-refractivity contribution < 1.29 is 17.7 Å². The van der Waals surface area contributed by atoms with Crippen molar-refractivity contribution in [3.05, 3.63) is 11.7 Å². The smallest absolute Gasteiger partial charge is 0.317 e. The predicted molar refractivity (Wildman–Crippen MR) is 97.8 cm³/mol. The number of sulfonamides is 1. The van der Waals surface area contributed by atoms with Crippen LogP contribution in [0, 0.1) is 0 Å². The summed E-state index contributed by atoms with van der Waals surface area (Å²) < 4.78 is 30.1. The molecule has 1 N–H and O–H groups in total. The fraction of sp³-hybridized carbons (Fsp3) is 0.824. The van der Waals surface area contributed by atoms with E-state index in [1.54, 1.807) is 4.90 Å². The maximum absolute atomic E-state index is 12.2. The van der Waals surface area contributed by atoms with Crippen LogP contribution in [0.5, 0.6) is 0 Å². The predicted octanol–water partition coefficient (Wildman–Crippen LogP) is 1.26. The summed E-state index contributed by atoms with van der Waals surface area (Å²) in [4.78, 5) is 18.5. The number of hydrogen-bond acceptors (Lipinski definition) is 6. The summed E-state index contributed by atoms with van der Waals surface area (Å²) >= 11 is 0. The molecule has 0 atom stereocenters. The van der Waals surface area contributed by atoms with Crippen LogP contribution in [-0.2, 0) is 10.0 Å². The van der Waals surface area contributed by atoms with Gasteiger partial charge < -0.3 is 14.7 Å². The first-order valence-corrected chi connectivity index (χ1v) is 11.6. The summed E-state index contributed by atoms with van der Waals surface area (Å²) in [6.07, 6.45) is 7.19. The molecule has 1 aromatic heterocycles. The molecule has 3 aliphatic rings. The molecule has 2 aliphatic heterocycles. The van der Waals surface area contributed by atoms with Crippen molar-refractivity contribution in [3.8, 4) is 0 Å². The fourth-order valence-electron chi connectivity index (χ4n) is 4.16. The molecule has 0 aromatic carbocycles. The highest BCUT2D eigenvalue weighted by Gasteiger charge is 2.37. The second kappa shape index (κ2) is 7.38. The summed E-state index contributed by atoms with van der Waals surface area (Å²) in [5.74, 6) is 1.46. The van der Waals surface area contributed by atoms with E-state index in [0.717, 1.165) is 12.8 Å². The molecular formula is C17H27N5O4S. The number of piperidine rings is 1. The Hall–Kier alpha value is -1.68. The highest BCUT2D eigenvalue weighted by atomic mass is 32.2. The van der Waals surface area contributed by atoms with E-state index in [0.29, 0.717) is 56.8 Å². The van der Waals surface area contributed by atoms with E-state index >= 15 is 0 Å². The van der Waals surface area contributed by atoms with E-state index in [9.17, 15) is 13.2 Å². The molecule has 4 rings (SSSR count). The van der Waals surface area contributed by atoms with Gasteiger partial charge in [-0.25, -0.2) is 17.5 Å². The Labute approximate surface area is 159 Å². The summed E-state index contributed by atoms with van der Waals surface area (Å²) in [6.45, 7) is 2.19. The fourth-order valence-corrected chi connectivity index (χ4v) is 5.04. The average Bonchev–Trinajstić information content (AvgIpc) is 3.25. The van der Waals surface area contributed by atoms with Gasteiger partial charge in [0.15, 0.2) is 5.82 Å². The summed E-state index contributed by atoms with van der Waals surface area (Å²) in [7, 11) is -3.13. The monoisotopic (exact) mass is 397 g/mol. The molecule has 0 radical (unpaired) electrons. The lowest BCUT2D eigenvalue weighted by molar-refractivity contribution is 0.134. The van der Waals surface area contributed by atoms with E-state index in [4.69, 9.17) is 4.52 Å². The lowest BCUT2D eigenvalue weighted by atomic mass is 9.97. The molecule has 3 fully saturated rings. The minimum atomic E-state index is -3.13. The quantitative estimate of drug-likeness (QED) is 0.819. The van der Waals surface area contributed by atoms with Gasteiger partial charge in [-0.2, -0.15) is 4.98 Å². The second-order valence-electron chi connectivity index (χ2n) is 7.96. The van der Waals surface area contributed by atoms with Crippen molar-refractivity contribution in [1.82, 2.24) is 24.7 Å². The second-order valence-corrected chi connectivity index (χ2v) is 9.94. The Kier molecular flexibility index (Phi) is 5.11. The minimum Gasteiger partial charge on any atom is -0.339 e. The van der Waals surface area contributed by atoms with Gasteiger partial charge in [0, 0.05) is 38.1 Å². The number of urea groups is 1. The maximum Gasteiger partial charge on any atom is 0.317 e. The van der Waals surface area contributed by atoms with Crippen molar-refractivity contribution in [2.75, 3.05) is 32.4 Å². The van der Waals surface area contributed by atoms with Crippen LogP contribution in [0.4, 0.5) is 4.79 Å². The SMILES string of the molecule is CS(=O)(=O)N1CCC(c2noc(C3CN(C(=O)NC4CCCC4)C3)n2)CC1. The standard InChI is InChI=1S/C17H27N5O4S/c1-27(24,25)22-8-6-12(7-9-22)15-19-16(26-20-15)13-10-21(11-13)17(23)18-14-4-2-3-5-14/h12-14H,2-11H2,1H3,(H,18,23). The molecule has 1 aromatic rings. The third-order valence-corrected chi connectivity index (χ3v) is 7.25. The first kappa shape index (κ1) is 18.7. The zero-order chi connectivity index (χ0) is 19.0. The zero-order valence-corrected chi connectivity index (χ0v) is 16.4. The lowest BCUT2D eigenvalue weighted by Gasteiger charge is -2.37. The van der Waals surface area contributed by atoms with Crippen molar-refractivity contribution in [2.45, 2.75) is 56.4 Å². The van der Waals surface area contributed by atoms with Crippen molar-refractivity contribution in [3.63, 3.8) is 0 Å². The van der Waals surface area contributed by atoms with Gasteiger partial charge in [-0.15, -0.1) is 0 Å². The number of amides is 2. The van der Waals surface area contributed by atoms with Crippen molar-refractivity contribution >= 4 is 16.1 Å². The number of carbonyl (C=O) groups excluding carboxylic acids is 1. The van der Waals surface area contributed by atoms with Crippen LogP contribution in [0.25, 0.3) is 0 Å². The normalized spacial score (nSPS) is 23.5. The van der Waals surface area contributed by atoms with E-state index in [-0.39, 0.29) is 17.9 Å². The molecule has 0 unspecified atom stereocenters. The van der Waals surface area contributed by atoms with Gasteiger partial charge in [0.25, 0.3) is 0 Å². The summed E-state index contributed by atoms with van der Waals surface area (Å²) in [5, 5.41) is 7.20. The number of rotatable bonds is 4. The van der Waals surface area contributed by atoms with Crippen LogP contribution in [0.2, 0.25) is 0 Å². The molecule has 2 amide bonds. The van der Waals surface area contributed by atoms with Gasteiger partial charge in [0.05, 0.1) is 12.2 Å². The molecule has 150 valence electrons. The molecule has 1 saturated carbocycles. The molecule has 2 saturated heterocycles. The number of likely N-dealkylation sites (tertiary alicyclic amines) is 1. The minimum absolute atomic E-state index is 0.00559. The molecule has 3 heterocycles. The molecule has 10 heteroatoms. The van der Waals surface area contributed by atoms with Crippen LogP contribution < -0.4 is 5.32 Å². The summed E-state index contributed by atoms with van der Waals surface area (Å²) in [6, 6.07) is 0.329. The van der Waals surface area contributed by atoms with E-state index in [1.165, 1.54) is 23.4 Å². The number of carbonyl (C=O) groups is 1. The maximum atomic E-state index is 12.2. The van der Waals surface area contributed by atoms with Crippen LogP contribution in [-0.4, -0.2) is 72.3 Å². The zero-order valence-electron chi connectivity index (χ0n) is 15.6. The van der Waals surface area contributed by atoms with E-state index < -0.39 is 10.0 Å². The Bertz CT molecular complexity index is 775. The Morgan fingerprint density at radius 3 is 2.41 bits per heavy atom. The van der Waals surface area contributed by atoms with Crippen LogP contribution >= 0.6 is 0 Å². The third-order valence-electron chi connectivity index (χ3n) is 5.95. The lowest BCUT2D eigenvalue weighted by Crippen LogP contribution is -2.54. The Morgan fingerprint density at radius 1 is 1.11 bits per heavy atom. The molecule has 1 aliphatic carbocycles. The largest absolute Gasteiger partial charge is 0.339 e. The van der Waals surface area contributed by atoms with Gasteiger partial charge >= 0.3 is 6.03 Å². The van der Waals surface area contributed by atoms with Gasteiger partial charge in [0.1, 0.15) is 0 Å². The van der Waals surface area contributed by atoms with E-state index in [2.05, 4.69) is 15.5 Å². The molecule has 27 heavy (non-hydrogen) atoms. The topological polar surface area (TPSA) is 109 Å². The molecular weight excluding hydrogens is 370 g/mol. The molecule has 9 nitrogen and oxygen atoms in total. The highest BCUT2D eigenvalue weighted by Crippen LogP contribution is 2.31. The summed E-state index contributed by atoms with van der Waals surface area (Å²) in [5.41, 5.74) is 0. The van der Waals surface area contributed by atoms with Crippen LogP contribution in [0.3, 0.4) is 0 Å². The average molecular weight is 398 g/mol. The first-order chi connectivity index (χ1) is 12.9. The van der Waals surface area contributed by atoms with Crippen molar-refractivity contribution in [2.24, 2.45) is 0 Å². The van der Waals surface area contributed by atoms with Crippen molar-refractivity contribution in [1.29, 1.82) is 0 Å². The molecule has 0 spiro atoms. The number of aromatic nitrogens is 2. The Morgan fingerprint density at radius 2 is 1.78 bits per heavy atom. The van der Waals surface area contributed by atoms with Crippen LogP contribution in [0.15, 0.2) is 4.52 Å². The highest BCUT2D eigenvalue weighted by molar-refractivity contribution is 7.88. The van der Waals surface area contributed by atoms with E-state index in [1.807, 2.05) is 0 Å².